The van der Waals surface area contributed by atoms with Gasteiger partial charge in [0.15, 0.2) is 11.5 Å². The van der Waals surface area contributed by atoms with E-state index >= 15 is 0 Å². The summed E-state index contributed by atoms with van der Waals surface area (Å²) in [6, 6.07) is 17.8. The smallest absolute Gasteiger partial charge is 0.168 e. The average Bonchev–Trinajstić information content (AvgIpc) is 3.50. The first kappa shape index (κ1) is 21.7. The fourth-order valence-corrected chi connectivity index (χ4v) is 4.43. The Morgan fingerprint density at radius 1 is 1.09 bits per heavy atom. The first-order chi connectivity index (χ1) is 16.7. The van der Waals surface area contributed by atoms with Crippen molar-refractivity contribution in [3.05, 3.63) is 77.2 Å². The highest BCUT2D eigenvalue weighted by atomic mass is 16.5. The van der Waals surface area contributed by atoms with Crippen LogP contribution >= 0.6 is 0 Å². The van der Waals surface area contributed by atoms with Crippen LogP contribution in [0.2, 0.25) is 0 Å². The van der Waals surface area contributed by atoms with Crippen molar-refractivity contribution in [1.82, 2.24) is 14.5 Å². The van der Waals surface area contributed by atoms with Gasteiger partial charge in [0, 0.05) is 11.8 Å². The zero-order valence-electron chi connectivity index (χ0n) is 19.4. The predicted octanol–water partition coefficient (Wildman–Crippen LogP) is 6.10. The first-order valence-corrected chi connectivity index (χ1v) is 11.5. The van der Waals surface area contributed by atoms with Crippen LogP contribution in [0.15, 0.2) is 54.7 Å². The Kier molecular flexibility index (Phi) is 6.01. The number of hydrogen-bond donors (Lipinski definition) is 0. The highest BCUT2D eigenvalue weighted by molar-refractivity contribution is 5.83. The van der Waals surface area contributed by atoms with Gasteiger partial charge in [-0.3, -0.25) is 4.57 Å². The number of rotatable bonds is 6. The van der Waals surface area contributed by atoms with Crippen LogP contribution in [0.3, 0.4) is 0 Å². The van der Waals surface area contributed by atoms with Crippen molar-refractivity contribution < 1.29 is 9.47 Å². The third-order valence-electron chi connectivity index (χ3n) is 6.17. The Bertz CT molecular complexity index is 1390. The molecular weight excluding hydrogens is 424 g/mol. The SMILES string of the molecule is COc1cccc(C=Cc2nc3ccc(C)cc3n2-c2ccc(C#N)cn2)c1OC1CCCC1. The number of pyridine rings is 1. The Hall–Kier alpha value is -4.11. The Balaban J connectivity index is 1.59. The zero-order valence-corrected chi connectivity index (χ0v) is 19.4. The van der Waals surface area contributed by atoms with E-state index in [0.29, 0.717) is 11.4 Å². The minimum Gasteiger partial charge on any atom is -0.493 e. The molecule has 0 spiro atoms. The Morgan fingerprint density at radius 2 is 1.94 bits per heavy atom. The van der Waals surface area contributed by atoms with E-state index in [1.807, 2.05) is 47.1 Å². The molecule has 6 nitrogen and oxygen atoms in total. The van der Waals surface area contributed by atoms with E-state index in [4.69, 9.17) is 19.7 Å². The van der Waals surface area contributed by atoms with Gasteiger partial charge in [-0.1, -0.05) is 18.2 Å². The normalized spacial score (nSPS) is 14.0. The van der Waals surface area contributed by atoms with E-state index in [-0.39, 0.29) is 6.10 Å². The molecule has 4 aromatic rings. The van der Waals surface area contributed by atoms with Crippen LogP contribution in [0.5, 0.6) is 11.5 Å². The summed E-state index contributed by atoms with van der Waals surface area (Å²) >= 11 is 0. The Labute approximate surface area is 199 Å². The summed E-state index contributed by atoms with van der Waals surface area (Å²) in [6.45, 7) is 2.06. The van der Waals surface area contributed by atoms with Crippen molar-refractivity contribution in [2.45, 2.75) is 38.7 Å². The van der Waals surface area contributed by atoms with Gasteiger partial charge >= 0.3 is 0 Å². The molecule has 1 aliphatic carbocycles. The largest absolute Gasteiger partial charge is 0.493 e. The highest BCUT2D eigenvalue weighted by Gasteiger charge is 2.20. The monoisotopic (exact) mass is 450 g/mol. The van der Waals surface area contributed by atoms with Gasteiger partial charge in [0.25, 0.3) is 0 Å². The molecule has 1 saturated carbocycles. The molecule has 0 unspecified atom stereocenters. The molecule has 2 aromatic heterocycles. The molecule has 170 valence electrons. The summed E-state index contributed by atoms with van der Waals surface area (Å²) in [5, 5.41) is 9.16. The number of para-hydroxylation sites is 1. The van der Waals surface area contributed by atoms with Crippen LogP contribution in [0, 0.1) is 18.3 Å². The van der Waals surface area contributed by atoms with Gasteiger partial charge in [0.2, 0.25) is 0 Å². The van der Waals surface area contributed by atoms with Crippen LogP contribution < -0.4 is 9.47 Å². The lowest BCUT2D eigenvalue weighted by Crippen LogP contribution is -2.12. The van der Waals surface area contributed by atoms with Gasteiger partial charge in [-0.2, -0.15) is 5.26 Å². The van der Waals surface area contributed by atoms with E-state index in [1.165, 1.54) is 12.8 Å². The van der Waals surface area contributed by atoms with E-state index in [1.54, 1.807) is 19.4 Å². The van der Waals surface area contributed by atoms with Gasteiger partial charge in [0.05, 0.1) is 29.8 Å². The number of benzene rings is 2. The summed E-state index contributed by atoms with van der Waals surface area (Å²) in [7, 11) is 1.67. The topological polar surface area (TPSA) is 73.0 Å². The maximum atomic E-state index is 9.16. The highest BCUT2D eigenvalue weighted by Crippen LogP contribution is 2.36. The summed E-state index contributed by atoms with van der Waals surface area (Å²) < 4.78 is 14.0. The van der Waals surface area contributed by atoms with Crippen molar-refractivity contribution >= 4 is 23.2 Å². The summed E-state index contributed by atoms with van der Waals surface area (Å²) in [4.78, 5) is 9.39. The molecule has 0 N–H and O–H groups in total. The lowest BCUT2D eigenvalue weighted by atomic mass is 10.1. The second-order valence-electron chi connectivity index (χ2n) is 8.55. The molecule has 0 bridgehead atoms. The van der Waals surface area contributed by atoms with E-state index in [2.05, 4.69) is 30.1 Å². The number of ether oxygens (including phenoxy) is 2. The quantitative estimate of drug-likeness (QED) is 0.355. The van der Waals surface area contributed by atoms with Crippen molar-refractivity contribution in [2.24, 2.45) is 0 Å². The Morgan fingerprint density at radius 3 is 2.68 bits per heavy atom. The van der Waals surface area contributed by atoms with Crippen molar-refractivity contribution in [3.63, 3.8) is 0 Å². The lowest BCUT2D eigenvalue weighted by molar-refractivity contribution is 0.200. The molecule has 1 aliphatic rings. The van der Waals surface area contributed by atoms with Gasteiger partial charge in [-0.15, -0.1) is 0 Å². The number of hydrogen-bond acceptors (Lipinski definition) is 5. The number of aryl methyl sites for hydroxylation is 1. The molecule has 2 aromatic carbocycles. The summed E-state index contributed by atoms with van der Waals surface area (Å²) in [6.07, 6.45) is 10.3. The second-order valence-corrected chi connectivity index (χ2v) is 8.55. The molecule has 5 rings (SSSR count). The maximum Gasteiger partial charge on any atom is 0.168 e. The fourth-order valence-electron chi connectivity index (χ4n) is 4.43. The van der Waals surface area contributed by atoms with Crippen molar-refractivity contribution in [2.75, 3.05) is 7.11 Å². The van der Waals surface area contributed by atoms with Crippen LogP contribution in [-0.2, 0) is 0 Å². The number of imidazole rings is 1. The molecule has 0 atom stereocenters. The third kappa shape index (κ3) is 4.25. The predicted molar refractivity (Wildman–Crippen MR) is 133 cm³/mol. The maximum absolute atomic E-state index is 9.16. The molecular formula is C28H26N4O2. The van der Waals surface area contributed by atoms with Gasteiger partial charge in [-0.05, 0) is 80.7 Å². The minimum atomic E-state index is 0.221. The number of nitrogens with zero attached hydrogens (tertiary/aromatic N) is 4. The molecule has 6 heteroatoms. The van der Waals surface area contributed by atoms with Gasteiger partial charge in [0.1, 0.15) is 17.7 Å². The average molecular weight is 451 g/mol. The summed E-state index contributed by atoms with van der Waals surface area (Å²) in [5.41, 5.74) is 4.44. The van der Waals surface area contributed by atoms with E-state index in [0.717, 1.165) is 52.3 Å². The van der Waals surface area contributed by atoms with Crippen LogP contribution in [0.4, 0.5) is 0 Å². The van der Waals surface area contributed by atoms with Gasteiger partial charge in [-0.25, -0.2) is 9.97 Å². The molecule has 1 fully saturated rings. The standard InChI is InChI=1S/C28H26N4O2/c1-19-10-13-23-24(16-19)32(26-14-11-20(17-29)18-30-26)27(31-23)15-12-21-6-5-9-25(33-2)28(21)34-22-7-3-4-8-22/h5-6,9-16,18,22H,3-4,7-8H2,1-2H3. The second kappa shape index (κ2) is 9.40. The number of methoxy groups -OCH3 is 1. The molecule has 2 heterocycles. The van der Waals surface area contributed by atoms with E-state index in [9.17, 15) is 0 Å². The van der Waals surface area contributed by atoms with Crippen molar-refractivity contribution in [1.29, 1.82) is 5.26 Å². The molecule has 0 radical (unpaired) electrons. The number of nitriles is 1. The van der Waals surface area contributed by atoms with Crippen LogP contribution in [-0.4, -0.2) is 27.7 Å². The molecule has 0 aliphatic heterocycles. The first-order valence-electron chi connectivity index (χ1n) is 11.5. The molecule has 0 saturated heterocycles. The zero-order chi connectivity index (χ0) is 23.5. The minimum absolute atomic E-state index is 0.221. The lowest BCUT2D eigenvalue weighted by Gasteiger charge is -2.18. The van der Waals surface area contributed by atoms with E-state index < -0.39 is 0 Å². The van der Waals surface area contributed by atoms with Crippen LogP contribution in [0.1, 0.15) is 48.2 Å². The third-order valence-corrected chi connectivity index (χ3v) is 6.17. The number of aromatic nitrogens is 3. The summed E-state index contributed by atoms with van der Waals surface area (Å²) in [5.74, 6) is 2.95. The van der Waals surface area contributed by atoms with Crippen molar-refractivity contribution in [3.8, 4) is 23.4 Å². The molecule has 0 amide bonds. The molecule has 34 heavy (non-hydrogen) atoms. The number of fused-ring (bicyclic) bond motifs is 1. The van der Waals surface area contributed by atoms with Gasteiger partial charge < -0.3 is 9.47 Å². The van der Waals surface area contributed by atoms with Crippen LogP contribution in [0.25, 0.3) is 29.0 Å². The fraction of sp³-hybridized carbons (Fsp3) is 0.250.